The molecule has 0 saturated heterocycles. The van der Waals surface area contributed by atoms with Crippen LogP contribution in [0.4, 0.5) is 0 Å². The van der Waals surface area contributed by atoms with Crippen molar-refractivity contribution in [3.63, 3.8) is 0 Å². The molecule has 1 aliphatic rings. The molecule has 10 heteroatoms. The molecule has 1 aliphatic carbocycles. The van der Waals surface area contributed by atoms with Crippen LogP contribution in [0.2, 0.25) is 0 Å². The number of aliphatic hydroxyl groups excluding tert-OH is 1. The van der Waals surface area contributed by atoms with Crippen molar-refractivity contribution in [3.8, 4) is 0 Å². The Balaban J connectivity index is 1.90. The first-order valence-corrected chi connectivity index (χ1v) is 11.7. The molecule has 1 unspecified atom stereocenters. The van der Waals surface area contributed by atoms with E-state index in [1.165, 1.54) is 12.1 Å². The Morgan fingerprint density at radius 1 is 1.24 bits per heavy atom. The van der Waals surface area contributed by atoms with Crippen LogP contribution in [0.1, 0.15) is 32.6 Å². The molecule has 0 spiro atoms. The van der Waals surface area contributed by atoms with Crippen LogP contribution in [0.5, 0.6) is 0 Å². The van der Waals surface area contributed by atoms with Crippen LogP contribution in [0.3, 0.4) is 0 Å². The summed E-state index contributed by atoms with van der Waals surface area (Å²) in [5.41, 5.74) is 0. The maximum atomic E-state index is 12.4. The van der Waals surface area contributed by atoms with Gasteiger partial charge in [0.1, 0.15) is 6.04 Å². The van der Waals surface area contributed by atoms with Gasteiger partial charge in [-0.3, -0.25) is 9.59 Å². The predicted molar refractivity (Wildman–Crippen MR) is 110 cm³/mol. The Labute approximate surface area is 179 Å². The summed E-state index contributed by atoms with van der Waals surface area (Å²) in [5, 5.41) is 9.42. The maximum absolute atomic E-state index is 12.4. The Bertz CT molecular complexity index is 806. The number of carbonyl (C=O) groups is 2. The van der Waals surface area contributed by atoms with Crippen molar-refractivity contribution in [2.24, 2.45) is 5.92 Å². The Morgan fingerprint density at radius 3 is 2.38 bits per heavy atom. The third kappa shape index (κ3) is 6.77. The Hall–Kier alpha value is -1.49. The number of likely N-dealkylation sites (N-methyl/N-ethyl adjacent to an activating group) is 1. The van der Waals surface area contributed by atoms with Gasteiger partial charge in [0.25, 0.3) is 5.91 Å². The van der Waals surface area contributed by atoms with Crippen molar-refractivity contribution in [2.45, 2.75) is 49.6 Å². The Kier molecular flexibility index (Phi) is 8.62. The number of amides is 1. The number of aliphatic hydroxyl groups is 1. The molecule has 0 bridgehead atoms. The third-order valence-corrected chi connectivity index (χ3v) is 7.17. The van der Waals surface area contributed by atoms with Gasteiger partial charge in [-0.15, -0.1) is 0 Å². The van der Waals surface area contributed by atoms with Crippen molar-refractivity contribution in [1.82, 2.24) is 9.62 Å². The highest BCUT2D eigenvalue weighted by Crippen LogP contribution is 2.26. The maximum Gasteiger partial charge on any atom is 0.327 e. The molecule has 2 rings (SSSR count). The second-order valence-corrected chi connectivity index (χ2v) is 9.97. The fraction of sp³-hybridized carbons (Fsp3) is 0.579. The van der Waals surface area contributed by atoms with Crippen molar-refractivity contribution >= 4 is 37.8 Å². The normalized spacial score (nSPS) is 20.7. The summed E-state index contributed by atoms with van der Waals surface area (Å²) in [4.78, 5) is 26.0. The highest BCUT2D eigenvalue weighted by atomic mass is 79.9. The lowest BCUT2D eigenvalue weighted by molar-refractivity contribution is -0.154. The van der Waals surface area contributed by atoms with E-state index in [1.54, 1.807) is 24.1 Å². The van der Waals surface area contributed by atoms with Gasteiger partial charge in [0.05, 0.1) is 11.5 Å². The minimum absolute atomic E-state index is 0.0608. The van der Waals surface area contributed by atoms with Crippen molar-refractivity contribution in [2.75, 3.05) is 20.3 Å². The van der Waals surface area contributed by atoms with Gasteiger partial charge in [0.2, 0.25) is 10.0 Å². The zero-order valence-electron chi connectivity index (χ0n) is 16.5. The lowest BCUT2D eigenvalue weighted by Gasteiger charge is -2.33. The molecule has 8 nitrogen and oxygen atoms in total. The zero-order valence-corrected chi connectivity index (χ0v) is 18.9. The number of ether oxygens (including phenoxy) is 1. The summed E-state index contributed by atoms with van der Waals surface area (Å²) in [6.45, 7) is 0.890. The number of halogens is 1. The van der Waals surface area contributed by atoms with Gasteiger partial charge in [-0.05, 0) is 55.9 Å². The predicted octanol–water partition coefficient (Wildman–Crippen LogP) is 1.67. The minimum atomic E-state index is -4.04. The van der Waals surface area contributed by atoms with Gasteiger partial charge < -0.3 is 14.7 Å². The molecule has 0 heterocycles. The highest BCUT2D eigenvalue weighted by molar-refractivity contribution is 9.10. The van der Waals surface area contributed by atoms with E-state index in [2.05, 4.69) is 27.6 Å². The summed E-state index contributed by atoms with van der Waals surface area (Å²) >= 11 is 3.21. The molecule has 1 aromatic carbocycles. The standard InChI is InChI=1S/C19H27BrN2O6S/c1-13-3-7-15(8-4-13)22(2)18(24)12-28-19(25)17(11-23)21-29(26,27)16-9-5-14(20)6-10-16/h5-6,9-10,13,15,17,21,23H,3-4,7-8,11-12H2,1-2H3. The van der Waals surface area contributed by atoms with Gasteiger partial charge in [0, 0.05) is 17.6 Å². The topological polar surface area (TPSA) is 113 Å². The van der Waals surface area contributed by atoms with E-state index in [1.807, 2.05) is 0 Å². The average Bonchev–Trinajstić information content (AvgIpc) is 2.70. The number of carbonyl (C=O) groups excluding carboxylic acids is 2. The molecule has 0 aromatic heterocycles. The molecule has 29 heavy (non-hydrogen) atoms. The zero-order chi connectivity index (χ0) is 21.6. The quantitative estimate of drug-likeness (QED) is 0.535. The number of hydrogen-bond acceptors (Lipinski definition) is 6. The summed E-state index contributed by atoms with van der Waals surface area (Å²) in [5.74, 6) is -0.714. The number of benzene rings is 1. The molecule has 162 valence electrons. The lowest BCUT2D eigenvalue weighted by atomic mass is 9.87. The van der Waals surface area contributed by atoms with E-state index in [-0.39, 0.29) is 16.8 Å². The monoisotopic (exact) mass is 490 g/mol. The van der Waals surface area contributed by atoms with Crippen LogP contribution < -0.4 is 4.72 Å². The van der Waals surface area contributed by atoms with E-state index in [0.29, 0.717) is 10.4 Å². The second-order valence-electron chi connectivity index (χ2n) is 7.34. The van der Waals surface area contributed by atoms with Crippen molar-refractivity contribution in [1.29, 1.82) is 0 Å². The van der Waals surface area contributed by atoms with Gasteiger partial charge in [-0.1, -0.05) is 22.9 Å². The van der Waals surface area contributed by atoms with Crippen LogP contribution in [-0.2, 0) is 24.3 Å². The average molecular weight is 491 g/mol. The number of nitrogens with zero attached hydrogens (tertiary/aromatic N) is 1. The van der Waals surface area contributed by atoms with E-state index in [4.69, 9.17) is 4.74 Å². The number of nitrogens with one attached hydrogen (secondary N) is 1. The summed E-state index contributed by atoms with van der Waals surface area (Å²) in [6, 6.07) is 4.41. The fourth-order valence-electron chi connectivity index (χ4n) is 3.20. The molecule has 1 amide bonds. The number of hydrogen-bond donors (Lipinski definition) is 2. The fourth-order valence-corrected chi connectivity index (χ4v) is 4.64. The van der Waals surface area contributed by atoms with Crippen LogP contribution in [-0.4, -0.2) is 62.6 Å². The van der Waals surface area contributed by atoms with Crippen LogP contribution in [0.25, 0.3) is 0 Å². The van der Waals surface area contributed by atoms with Gasteiger partial charge in [0.15, 0.2) is 6.61 Å². The van der Waals surface area contributed by atoms with Crippen molar-refractivity contribution in [3.05, 3.63) is 28.7 Å². The lowest BCUT2D eigenvalue weighted by Crippen LogP contribution is -2.46. The molecule has 1 atom stereocenters. The number of esters is 1. The van der Waals surface area contributed by atoms with E-state index < -0.39 is 35.2 Å². The molecule has 1 aromatic rings. The van der Waals surface area contributed by atoms with Crippen LogP contribution in [0, 0.1) is 5.92 Å². The summed E-state index contributed by atoms with van der Waals surface area (Å²) in [6.07, 6.45) is 3.91. The summed E-state index contributed by atoms with van der Waals surface area (Å²) in [7, 11) is -2.36. The van der Waals surface area contributed by atoms with Crippen molar-refractivity contribution < 1.29 is 27.9 Å². The first kappa shape index (κ1) is 23.8. The van der Waals surface area contributed by atoms with Crippen LogP contribution in [0.15, 0.2) is 33.6 Å². The molecule has 0 radical (unpaired) electrons. The molecular formula is C19H27BrN2O6S. The number of rotatable bonds is 8. The summed E-state index contributed by atoms with van der Waals surface area (Å²) < 4.78 is 32.5. The second kappa shape index (κ2) is 10.5. The van der Waals surface area contributed by atoms with E-state index >= 15 is 0 Å². The molecular weight excluding hydrogens is 464 g/mol. The largest absolute Gasteiger partial charge is 0.454 e. The smallest absolute Gasteiger partial charge is 0.327 e. The number of sulfonamides is 1. The third-order valence-electron chi connectivity index (χ3n) is 5.15. The SMILES string of the molecule is CC1CCC(N(C)C(=O)COC(=O)C(CO)NS(=O)(=O)c2ccc(Br)cc2)CC1. The van der Waals surface area contributed by atoms with Gasteiger partial charge in [-0.2, -0.15) is 4.72 Å². The van der Waals surface area contributed by atoms with Gasteiger partial charge in [-0.25, -0.2) is 8.42 Å². The first-order valence-electron chi connectivity index (χ1n) is 9.45. The molecule has 0 aliphatic heterocycles. The van der Waals surface area contributed by atoms with Crippen LogP contribution >= 0.6 is 15.9 Å². The van der Waals surface area contributed by atoms with E-state index in [9.17, 15) is 23.1 Å². The Morgan fingerprint density at radius 2 is 1.83 bits per heavy atom. The molecule has 2 N–H and O–H groups in total. The first-order chi connectivity index (χ1) is 13.6. The molecule has 1 fully saturated rings. The highest BCUT2D eigenvalue weighted by Gasteiger charge is 2.29. The molecule has 1 saturated carbocycles. The minimum Gasteiger partial charge on any atom is -0.454 e. The van der Waals surface area contributed by atoms with Gasteiger partial charge >= 0.3 is 5.97 Å². The van der Waals surface area contributed by atoms with E-state index in [0.717, 1.165) is 25.7 Å².